The molecule has 2 aromatic rings. The van der Waals surface area contributed by atoms with Crippen molar-refractivity contribution in [1.29, 1.82) is 0 Å². The molecule has 0 radical (unpaired) electrons. The number of hydrogen-bond donors (Lipinski definition) is 0. The molecule has 1 spiro atoms. The molecule has 2 fully saturated rings. The Morgan fingerprint density at radius 3 is 2.69 bits per heavy atom. The Hall–Kier alpha value is -2.76. The summed E-state index contributed by atoms with van der Waals surface area (Å²) in [5, 5.41) is 0. The fraction of sp³-hybridized carbons (Fsp3) is 0.400. The van der Waals surface area contributed by atoms with E-state index in [1.54, 1.807) is 36.9 Å². The Bertz CT molecular complexity index is 796. The number of piperidine rings is 1. The first-order valence-electron chi connectivity index (χ1n) is 9.06. The highest BCUT2D eigenvalue weighted by Crippen LogP contribution is 2.41. The molecule has 2 aromatic heterocycles. The van der Waals surface area contributed by atoms with Crippen LogP contribution in [0.4, 0.5) is 0 Å². The lowest BCUT2D eigenvalue weighted by Gasteiger charge is -2.39. The first-order chi connectivity index (χ1) is 12.7. The Labute approximate surface area is 152 Å². The number of aromatic nitrogens is 2. The predicted molar refractivity (Wildman–Crippen MR) is 96.1 cm³/mol. The topological polar surface area (TPSA) is 66.4 Å². The molecule has 2 aliphatic rings. The monoisotopic (exact) mass is 350 g/mol. The molecule has 134 valence electrons. The summed E-state index contributed by atoms with van der Waals surface area (Å²) in [6, 6.07) is 7.43. The van der Waals surface area contributed by atoms with E-state index in [4.69, 9.17) is 0 Å². The van der Waals surface area contributed by atoms with Crippen LogP contribution in [-0.2, 0) is 11.3 Å². The highest BCUT2D eigenvalue weighted by Gasteiger charge is 2.49. The summed E-state index contributed by atoms with van der Waals surface area (Å²) in [6.07, 6.45) is 9.28. The maximum atomic E-state index is 13.2. The minimum atomic E-state index is -0.427. The van der Waals surface area contributed by atoms with Gasteiger partial charge in [-0.2, -0.15) is 0 Å². The van der Waals surface area contributed by atoms with Gasteiger partial charge in [0, 0.05) is 51.0 Å². The third-order valence-corrected chi connectivity index (χ3v) is 5.50. The third kappa shape index (κ3) is 3.07. The molecular formula is C20H22N4O2. The molecule has 0 aliphatic carbocycles. The van der Waals surface area contributed by atoms with E-state index < -0.39 is 5.41 Å². The van der Waals surface area contributed by atoms with E-state index in [1.807, 2.05) is 21.9 Å². The highest BCUT2D eigenvalue weighted by atomic mass is 16.2. The van der Waals surface area contributed by atoms with Gasteiger partial charge in [0.15, 0.2) is 0 Å². The average molecular weight is 350 g/mol. The van der Waals surface area contributed by atoms with Crippen LogP contribution in [-0.4, -0.2) is 51.2 Å². The molecule has 1 atom stereocenters. The molecule has 2 aliphatic heterocycles. The van der Waals surface area contributed by atoms with Crippen molar-refractivity contribution in [2.24, 2.45) is 5.41 Å². The SMILES string of the molecule is O=C(c1cccnc1)N1CCC[C@]2(CCN(Cc3ccncc3)C2=O)C1. The fourth-order valence-corrected chi connectivity index (χ4v) is 4.11. The highest BCUT2D eigenvalue weighted by molar-refractivity contribution is 5.95. The van der Waals surface area contributed by atoms with Crippen LogP contribution in [0.5, 0.6) is 0 Å². The second-order valence-electron chi connectivity index (χ2n) is 7.18. The first-order valence-corrected chi connectivity index (χ1v) is 9.06. The Morgan fingerprint density at radius 2 is 1.92 bits per heavy atom. The molecule has 4 heterocycles. The lowest BCUT2D eigenvalue weighted by molar-refractivity contribution is -0.138. The van der Waals surface area contributed by atoms with Crippen LogP contribution in [0, 0.1) is 5.41 Å². The van der Waals surface area contributed by atoms with E-state index in [0.717, 1.165) is 31.4 Å². The average Bonchev–Trinajstić information content (AvgIpc) is 2.98. The third-order valence-electron chi connectivity index (χ3n) is 5.50. The number of rotatable bonds is 3. The predicted octanol–water partition coefficient (Wildman–Crippen LogP) is 2.13. The van der Waals surface area contributed by atoms with Crippen molar-refractivity contribution in [2.75, 3.05) is 19.6 Å². The van der Waals surface area contributed by atoms with Crippen LogP contribution >= 0.6 is 0 Å². The zero-order valence-electron chi connectivity index (χ0n) is 14.7. The molecule has 0 aromatic carbocycles. The van der Waals surface area contributed by atoms with Crippen molar-refractivity contribution in [3.63, 3.8) is 0 Å². The van der Waals surface area contributed by atoms with Gasteiger partial charge in [-0.05, 0) is 49.1 Å². The summed E-state index contributed by atoms with van der Waals surface area (Å²) < 4.78 is 0. The maximum Gasteiger partial charge on any atom is 0.255 e. The van der Waals surface area contributed by atoms with Gasteiger partial charge in [-0.3, -0.25) is 19.6 Å². The maximum absolute atomic E-state index is 13.2. The number of pyridine rings is 2. The van der Waals surface area contributed by atoms with Crippen molar-refractivity contribution < 1.29 is 9.59 Å². The molecule has 6 heteroatoms. The number of amides is 2. The molecule has 0 bridgehead atoms. The van der Waals surface area contributed by atoms with Gasteiger partial charge in [0.05, 0.1) is 11.0 Å². The number of carbonyl (C=O) groups excluding carboxylic acids is 2. The summed E-state index contributed by atoms with van der Waals surface area (Å²) >= 11 is 0. The minimum absolute atomic E-state index is 0.0300. The summed E-state index contributed by atoms with van der Waals surface area (Å²) in [7, 11) is 0. The summed E-state index contributed by atoms with van der Waals surface area (Å²) in [5.74, 6) is 0.149. The van der Waals surface area contributed by atoms with Gasteiger partial charge in [-0.1, -0.05) is 0 Å². The van der Waals surface area contributed by atoms with E-state index in [0.29, 0.717) is 25.2 Å². The van der Waals surface area contributed by atoms with Crippen LogP contribution in [0.25, 0.3) is 0 Å². The van der Waals surface area contributed by atoms with Crippen molar-refractivity contribution in [3.8, 4) is 0 Å². The smallest absolute Gasteiger partial charge is 0.255 e. The van der Waals surface area contributed by atoms with Crippen molar-refractivity contribution >= 4 is 11.8 Å². The first kappa shape index (κ1) is 16.7. The molecule has 0 N–H and O–H groups in total. The van der Waals surface area contributed by atoms with Crippen molar-refractivity contribution in [3.05, 3.63) is 60.2 Å². The Morgan fingerprint density at radius 1 is 1.08 bits per heavy atom. The molecule has 2 saturated heterocycles. The molecule has 0 unspecified atom stereocenters. The van der Waals surface area contributed by atoms with E-state index >= 15 is 0 Å². The summed E-state index contributed by atoms with van der Waals surface area (Å²) in [4.78, 5) is 37.7. The molecule has 6 nitrogen and oxygen atoms in total. The van der Waals surface area contributed by atoms with Crippen LogP contribution in [0.1, 0.15) is 35.2 Å². The lowest BCUT2D eigenvalue weighted by atomic mass is 9.78. The van der Waals surface area contributed by atoms with Gasteiger partial charge in [0.1, 0.15) is 0 Å². The van der Waals surface area contributed by atoms with Gasteiger partial charge in [0.25, 0.3) is 5.91 Å². The molecule has 26 heavy (non-hydrogen) atoms. The fourth-order valence-electron chi connectivity index (χ4n) is 4.11. The summed E-state index contributed by atoms with van der Waals surface area (Å²) in [6.45, 7) is 2.56. The normalized spacial score (nSPS) is 22.8. The van der Waals surface area contributed by atoms with Crippen molar-refractivity contribution in [2.45, 2.75) is 25.8 Å². The minimum Gasteiger partial charge on any atom is -0.338 e. The quantitative estimate of drug-likeness (QED) is 0.851. The van der Waals surface area contributed by atoms with Crippen LogP contribution in [0.3, 0.4) is 0 Å². The van der Waals surface area contributed by atoms with E-state index in [-0.39, 0.29) is 11.8 Å². The van der Waals surface area contributed by atoms with E-state index in [1.165, 1.54) is 0 Å². The molecular weight excluding hydrogens is 328 g/mol. The van der Waals surface area contributed by atoms with Crippen LogP contribution in [0.15, 0.2) is 49.1 Å². The van der Waals surface area contributed by atoms with Gasteiger partial charge < -0.3 is 9.80 Å². The summed E-state index contributed by atoms with van der Waals surface area (Å²) in [5.41, 5.74) is 1.25. The van der Waals surface area contributed by atoms with Crippen LogP contribution < -0.4 is 0 Å². The second-order valence-corrected chi connectivity index (χ2v) is 7.18. The Balaban J connectivity index is 1.48. The lowest BCUT2D eigenvalue weighted by Crippen LogP contribution is -2.49. The van der Waals surface area contributed by atoms with E-state index in [2.05, 4.69) is 9.97 Å². The van der Waals surface area contributed by atoms with Gasteiger partial charge in [-0.15, -0.1) is 0 Å². The van der Waals surface area contributed by atoms with Crippen molar-refractivity contribution in [1.82, 2.24) is 19.8 Å². The van der Waals surface area contributed by atoms with Gasteiger partial charge in [0.2, 0.25) is 5.91 Å². The largest absolute Gasteiger partial charge is 0.338 e. The number of likely N-dealkylation sites (tertiary alicyclic amines) is 2. The zero-order chi connectivity index (χ0) is 18.0. The number of carbonyl (C=O) groups is 2. The van der Waals surface area contributed by atoms with Gasteiger partial charge >= 0.3 is 0 Å². The number of hydrogen-bond acceptors (Lipinski definition) is 4. The van der Waals surface area contributed by atoms with E-state index in [9.17, 15) is 9.59 Å². The molecule has 0 saturated carbocycles. The van der Waals surface area contributed by atoms with Gasteiger partial charge in [-0.25, -0.2) is 0 Å². The Kier molecular flexibility index (Phi) is 4.41. The molecule has 2 amide bonds. The number of nitrogens with zero attached hydrogens (tertiary/aromatic N) is 4. The van der Waals surface area contributed by atoms with Crippen LogP contribution in [0.2, 0.25) is 0 Å². The standard InChI is InChI=1S/C20H22N4O2/c25-18(17-3-1-8-22-13-17)24-11-2-6-20(15-24)7-12-23(19(20)26)14-16-4-9-21-10-5-16/h1,3-5,8-10,13H,2,6-7,11-12,14-15H2/t20-/m0/s1. The second kappa shape index (κ2) is 6.86. The zero-order valence-corrected chi connectivity index (χ0v) is 14.7. The molecule has 4 rings (SSSR count).